The molecule has 0 unspecified atom stereocenters. The van der Waals surface area contributed by atoms with E-state index in [1.54, 1.807) is 0 Å². The lowest BCUT2D eigenvalue weighted by molar-refractivity contribution is -0.392. The van der Waals surface area contributed by atoms with Crippen molar-refractivity contribution in [2.45, 2.75) is 19.6 Å². The van der Waals surface area contributed by atoms with Crippen LogP contribution in [0.5, 0.6) is 0 Å². The van der Waals surface area contributed by atoms with Crippen LogP contribution in [-0.4, -0.2) is 27.6 Å². The molecule has 0 atom stereocenters. The van der Waals surface area contributed by atoms with Crippen molar-refractivity contribution in [1.82, 2.24) is 0 Å². The quantitative estimate of drug-likeness (QED) is 0.284. The second-order valence-electron chi connectivity index (χ2n) is 5.07. The predicted molar refractivity (Wildman–Crippen MR) is 77.7 cm³/mol. The highest BCUT2D eigenvalue weighted by Gasteiger charge is 2.39. The minimum Gasteiger partial charge on any atom is -0.419 e. The van der Waals surface area contributed by atoms with Crippen molar-refractivity contribution in [2.75, 3.05) is 5.32 Å². The minimum absolute atomic E-state index is 0.481. The molecule has 0 bridgehead atoms. The first-order chi connectivity index (χ1) is 11.1. The lowest BCUT2D eigenvalue weighted by Crippen LogP contribution is -2.42. The average Bonchev–Trinajstić information content (AvgIpc) is 2.44. The van der Waals surface area contributed by atoms with Gasteiger partial charge in [-0.2, -0.15) is 0 Å². The smallest absolute Gasteiger partial charge is 0.350 e. The van der Waals surface area contributed by atoms with Gasteiger partial charge in [-0.3, -0.25) is 20.2 Å². The van der Waals surface area contributed by atoms with Crippen molar-refractivity contribution in [3.63, 3.8) is 0 Å². The highest BCUT2D eigenvalue weighted by molar-refractivity contribution is 6.15. The molecule has 1 aliphatic heterocycles. The fourth-order valence-corrected chi connectivity index (χ4v) is 1.90. The molecule has 1 N–H and O–H groups in total. The number of para-hydroxylation sites is 1. The third-order valence-corrected chi connectivity index (χ3v) is 2.89. The Morgan fingerprint density at radius 2 is 1.50 bits per heavy atom. The van der Waals surface area contributed by atoms with Crippen LogP contribution in [0.3, 0.4) is 0 Å². The summed E-state index contributed by atoms with van der Waals surface area (Å²) < 4.78 is 9.68. The Hall–Kier alpha value is -3.50. The van der Waals surface area contributed by atoms with Gasteiger partial charge in [-0.15, -0.1) is 0 Å². The van der Waals surface area contributed by atoms with Gasteiger partial charge in [0.15, 0.2) is 11.3 Å². The second kappa shape index (κ2) is 5.95. The number of nitro groups is 2. The van der Waals surface area contributed by atoms with Gasteiger partial charge >= 0.3 is 11.9 Å². The van der Waals surface area contributed by atoms with Crippen LogP contribution in [0.2, 0.25) is 0 Å². The van der Waals surface area contributed by atoms with Crippen LogP contribution in [-0.2, 0) is 19.1 Å². The number of nitrogens with one attached hydrogen (secondary N) is 1. The first kappa shape index (κ1) is 16.9. The number of hydrogen-bond donors (Lipinski definition) is 1. The number of carbonyl (C=O) groups is 2. The molecule has 1 heterocycles. The number of esters is 2. The van der Waals surface area contributed by atoms with E-state index in [9.17, 15) is 29.8 Å². The molecule has 1 aromatic carbocycles. The molecule has 126 valence electrons. The van der Waals surface area contributed by atoms with Crippen LogP contribution in [0.15, 0.2) is 30.0 Å². The summed E-state index contributed by atoms with van der Waals surface area (Å²) in [6, 6.07) is 3.21. The van der Waals surface area contributed by atoms with Gasteiger partial charge in [0.05, 0.1) is 9.85 Å². The molecule has 1 aliphatic rings. The summed E-state index contributed by atoms with van der Waals surface area (Å²) in [6.45, 7) is 2.69. The van der Waals surface area contributed by atoms with Gasteiger partial charge in [0.2, 0.25) is 0 Å². The Labute approximate surface area is 134 Å². The standard InChI is InChI=1S/C13H11N3O8/c1-13(2)23-11(17)7(12(18)24-13)6-14-10-8(15(19)20)4-3-5-9(10)16(21)22/h3-6,14H,1-2H3. The number of anilines is 1. The van der Waals surface area contributed by atoms with Crippen molar-refractivity contribution < 1.29 is 28.9 Å². The van der Waals surface area contributed by atoms with Crippen LogP contribution >= 0.6 is 0 Å². The molecule has 1 aromatic rings. The van der Waals surface area contributed by atoms with Crippen LogP contribution in [0.1, 0.15) is 13.8 Å². The first-order valence-corrected chi connectivity index (χ1v) is 6.47. The van der Waals surface area contributed by atoms with E-state index >= 15 is 0 Å². The van der Waals surface area contributed by atoms with E-state index in [2.05, 4.69) is 5.32 Å². The van der Waals surface area contributed by atoms with Crippen LogP contribution in [0.4, 0.5) is 17.1 Å². The maximum atomic E-state index is 11.8. The van der Waals surface area contributed by atoms with E-state index in [0.29, 0.717) is 0 Å². The van der Waals surface area contributed by atoms with Gasteiger partial charge < -0.3 is 14.8 Å². The molecule has 0 aliphatic carbocycles. The fourth-order valence-electron chi connectivity index (χ4n) is 1.90. The molecule has 0 aromatic heterocycles. The van der Waals surface area contributed by atoms with Gasteiger partial charge in [0, 0.05) is 32.2 Å². The number of nitro benzene ring substituents is 2. The molecule has 1 fully saturated rings. The third-order valence-electron chi connectivity index (χ3n) is 2.89. The zero-order valence-electron chi connectivity index (χ0n) is 12.5. The zero-order valence-corrected chi connectivity index (χ0v) is 12.5. The molecule has 11 nitrogen and oxygen atoms in total. The van der Waals surface area contributed by atoms with E-state index in [1.807, 2.05) is 0 Å². The third kappa shape index (κ3) is 3.29. The van der Waals surface area contributed by atoms with Crippen molar-refractivity contribution in [2.24, 2.45) is 0 Å². The van der Waals surface area contributed by atoms with Gasteiger partial charge in [-0.25, -0.2) is 9.59 Å². The summed E-state index contributed by atoms with van der Waals surface area (Å²) in [5.41, 5.74) is -2.26. The topological polar surface area (TPSA) is 151 Å². The Morgan fingerprint density at radius 3 is 1.92 bits per heavy atom. The van der Waals surface area contributed by atoms with E-state index in [1.165, 1.54) is 13.8 Å². The van der Waals surface area contributed by atoms with Gasteiger partial charge in [-0.1, -0.05) is 0 Å². The number of cyclic esters (lactones) is 2. The maximum absolute atomic E-state index is 11.8. The largest absolute Gasteiger partial charge is 0.419 e. The Bertz CT molecular complexity index is 729. The van der Waals surface area contributed by atoms with Crippen LogP contribution in [0, 0.1) is 20.2 Å². The highest BCUT2D eigenvalue weighted by atomic mass is 16.7. The fraction of sp³-hybridized carbons (Fsp3) is 0.231. The Kier molecular flexibility index (Phi) is 4.18. The van der Waals surface area contributed by atoms with Crippen molar-refractivity contribution in [3.8, 4) is 0 Å². The van der Waals surface area contributed by atoms with Crippen LogP contribution < -0.4 is 5.32 Å². The predicted octanol–water partition coefficient (Wildman–Crippen LogP) is 1.63. The Balaban J connectivity index is 2.41. The SMILES string of the molecule is CC1(C)OC(=O)C(=CNc2c([N+](=O)[O-])cccc2[N+](=O)[O-])C(=O)O1. The molecule has 11 heteroatoms. The zero-order chi connectivity index (χ0) is 18.1. The molecule has 0 saturated carbocycles. The summed E-state index contributed by atoms with van der Waals surface area (Å²) >= 11 is 0. The number of carbonyl (C=O) groups excluding carboxylic acids is 2. The molecular weight excluding hydrogens is 326 g/mol. The molecule has 2 rings (SSSR count). The number of ether oxygens (including phenoxy) is 2. The summed E-state index contributed by atoms with van der Waals surface area (Å²) in [6.07, 6.45) is 0.773. The summed E-state index contributed by atoms with van der Waals surface area (Å²) in [5.74, 6) is -3.49. The molecule has 0 spiro atoms. The number of benzene rings is 1. The lowest BCUT2D eigenvalue weighted by atomic mass is 10.2. The average molecular weight is 337 g/mol. The maximum Gasteiger partial charge on any atom is 0.350 e. The van der Waals surface area contributed by atoms with Crippen molar-refractivity contribution in [3.05, 3.63) is 50.2 Å². The van der Waals surface area contributed by atoms with Crippen molar-refractivity contribution in [1.29, 1.82) is 0 Å². The van der Waals surface area contributed by atoms with E-state index in [-0.39, 0.29) is 0 Å². The van der Waals surface area contributed by atoms with Gasteiger partial charge in [0.25, 0.3) is 17.2 Å². The van der Waals surface area contributed by atoms with Gasteiger partial charge in [0.1, 0.15) is 0 Å². The molecule has 0 radical (unpaired) electrons. The minimum atomic E-state index is -1.45. The van der Waals surface area contributed by atoms with Crippen molar-refractivity contribution >= 4 is 29.0 Å². The summed E-state index contributed by atoms with van der Waals surface area (Å²) in [7, 11) is 0. The van der Waals surface area contributed by atoms with Gasteiger partial charge in [-0.05, 0) is 6.07 Å². The molecule has 24 heavy (non-hydrogen) atoms. The summed E-state index contributed by atoms with van der Waals surface area (Å²) in [5, 5.41) is 24.3. The Morgan fingerprint density at radius 1 is 1.04 bits per heavy atom. The number of nitrogens with zero attached hydrogens (tertiary/aromatic N) is 2. The van der Waals surface area contributed by atoms with Crippen LogP contribution in [0.25, 0.3) is 0 Å². The summed E-state index contributed by atoms with van der Waals surface area (Å²) in [4.78, 5) is 43.9. The lowest BCUT2D eigenvalue weighted by Gasteiger charge is -2.29. The van der Waals surface area contributed by atoms with E-state index in [0.717, 1.165) is 24.4 Å². The number of rotatable bonds is 4. The molecular formula is C13H11N3O8. The molecule has 0 amide bonds. The van der Waals surface area contributed by atoms with E-state index < -0.39 is 50.2 Å². The monoisotopic (exact) mass is 337 g/mol. The molecule has 1 saturated heterocycles. The van der Waals surface area contributed by atoms with E-state index in [4.69, 9.17) is 9.47 Å². The highest BCUT2D eigenvalue weighted by Crippen LogP contribution is 2.34. The normalized spacial score (nSPS) is 16.0. The first-order valence-electron chi connectivity index (χ1n) is 6.47. The second-order valence-corrected chi connectivity index (χ2v) is 5.07. The number of hydrogen-bond acceptors (Lipinski definition) is 9.